The van der Waals surface area contributed by atoms with Crippen LogP contribution in [0, 0.1) is 5.41 Å². The molecule has 1 aliphatic carbocycles. The number of ether oxygens (including phenoxy) is 1. The number of fused-ring (bicyclic) bond motifs is 1. The molecule has 4 heterocycles. The van der Waals surface area contributed by atoms with Gasteiger partial charge < -0.3 is 18.8 Å². The molecule has 10 heteroatoms. The molecule has 41 heavy (non-hydrogen) atoms. The van der Waals surface area contributed by atoms with Gasteiger partial charge in [-0.1, -0.05) is 51.1 Å². The number of aromatic nitrogens is 4. The summed E-state index contributed by atoms with van der Waals surface area (Å²) in [4.78, 5) is 29.8. The van der Waals surface area contributed by atoms with Gasteiger partial charge in [0.05, 0.1) is 30.6 Å². The lowest BCUT2D eigenvalue weighted by molar-refractivity contribution is -0.126. The van der Waals surface area contributed by atoms with E-state index in [1.807, 2.05) is 57.3 Å². The number of rotatable bonds is 7. The van der Waals surface area contributed by atoms with Crippen LogP contribution in [0.3, 0.4) is 0 Å². The van der Waals surface area contributed by atoms with Crippen molar-refractivity contribution in [3.63, 3.8) is 0 Å². The van der Waals surface area contributed by atoms with E-state index in [9.17, 15) is 9.35 Å². The van der Waals surface area contributed by atoms with Crippen molar-refractivity contribution in [2.45, 2.75) is 57.9 Å². The predicted octanol–water partition coefficient (Wildman–Crippen LogP) is 4.58. The Hall–Kier alpha value is -3.47. The highest BCUT2D eigenvalue weighted by Gasteiger charge is 2.59. The van der Waals surface area contributed by atoms with E-state index >= 15 is 0 Å². The minimum atomic E-state index is -1.63. The van der Waals surface area contributed by atoms with E-state index in [4.69, 9.17) is 19.7 Å². The molecule has 9 nitrogen and oxygen atoms in total. The summed E-state index contributed by atoms with van der Waals surface area (Å²) in [6.07, 6.45) is 5.19. The van der Waals surface area contributed by atoms with Crippen LogP contribution in [0.4, 0.5) is 5.82 Å². The number of nitrogens with one attached hydrogen (secondary N) is 1. The molecule has 1 amide bonds. The summed E-state index contributed by atoms with van der Waals surface area (Å²) < 4.78 is 23.5. The Balaban J connectivity index is 1.43. The van der Waals surface area contributed by atoms with Gasteiger partial charge in [0.15, 0.2) is 10.6 Å². The van der Waals surface area contributed by atoms with Crippen LogP contribution in [-0.4, -0.2) is 55.8 Å². The van der Waals surface area contributed by atoms with E-state index in [1.165, 1.54) is 5.56 Å². The minimum absolute atomic E-state index is 0.130. The van der Waals surface area contributed by atoms with Gasteiger partial charge in [-0.2, -0.15) is 4.72 Å². The number of anilines is 1. The van der Waals surface area contributed by atoms with Gasteiger partial charge in [0.2, 0.25) is 0 Å². The van der Waals surface area contributed by atoms with Crippen molar-refractivity contribution >= 4 is 34.1 Å². The van der Waals surface area contributed by atoms with Gasteiger partial charge in [-0.25, -0.2) is 15.0 Å². The van der Waals surface area contributed by atoms with E-state index in [-0.39, 0.29) is 11.9 Å². The number of carbonyl (C=O) groups excluding carboxylic acids is 1. The quantitative estimate of drug-likeness (QED) is 0.323. The van der Waals surface area contributed by atoms with Crippen LogP contribution >= 0.6 is 0 Å². The smallest absolute Gasteiger partial charge is 0.266 e. The molecule has 1 aromatic carbocycles. The number of amides is 1. The molecule has 1 saturated heterocycles. The summed E-state index contributed by atoms with van der Waals surface area (Å²) >= 11 is -1.63. The number of pyridine rings is 1. The average Bonchev–Trinajstić information content (AvgIpc) is 3.69. The lowest BCUT2D eigenvalue weighted by atomic mass is 9.96. The molecule has 2 atom stereocenters. The molecule has 2 fully saturated rings. The molecule has 1 saturated carbocycles. The molecular formula is C31H36N6O3S. The summed E-state index contributed by atoms with van der Waals surface area (Å²) in [6, 6.07) is 16.4. The number of morpholine rings is 1. The fraction of sp³-hybridized carbons (Fsp3) is 0.419. The van der Waals surface area contributed by atoms with E-state index in [2.05, 4.69) is 39.3 Å². The van der Waals surface area contributed by atoms with E-state index in [0.29, 0.717) is 50.7 Å². The second kappa shape index (κ2) is 10.7. The predicted molar refractivity (Wildman–Crippen MR) is 161 cm³/mol. The van der Waals surface area contributed by atoms with Gasteiger partial charge in [-0.05, 0) is 24.6 Å². The van der Waals surface area contributed by atoms with E-state index in [1.54, 1.807) is 6.20 Å². The van der Waals surface area contributed by atoms with Crippen molar-refractivity contribution < 1.29 is 14.1 Å². The Bertz CT molecular complexity index is 1560. The molecule has 0 spiro atoms. The van der Waals surface area contributed by atoms with Crippen LogP contribution in [0.25, 0.3) is 22.4 Å². The van der Waals surface area contributed by atoms with Crippen LogP contribution < -0.4 is 9.62 Å². The van der Waals surface area contributed by atoms with Gasteiger partial charge in [0.25, 0.3) is 5.91 Å². The number of benzene rings is 1. The molecule has 2 aliphatic rings. The topological polar surface area (TPSA) is 108 Å². The maximum Gasteiger partial charge on any atom is 0.266 e. The summed E-state index contributed by atoms with van der Waals surface area (Å²) in [5.74, 6) is 1.10. The average molecular weight is 573 g/mol. The molecule has 0 radical (unpaired) electrons. The molecule has 6 rings (SSSR count). The molecule has 3 aromatic heterocycles. The number of carbonyl (C=O) groups is 1. The molecule has 4 aromatic rings. The number of nitrogens with zero attached hydrogens (tertiary/aromatic N) is 5. The Morgan fingerprint density at radius 1 is 1.17 bits per heavy atom. The van der Waals surface area contributed by atoms with Crippen LogP contribution in [0.5, 0.6) is 0 Å². The van der Waals surface area contributed by atoms with Gasteiger partial charge in [-0.15, -0.1) is 0 Å². The third-order valence-electron chi connectivity index (χ3n) is 7.87. The number of hydrogen-bond donors (Lipinski definition) is 1. The van der Waals surface area contributed by atoms with Crippen LogP contribution in [0.15, 0.2) is 60.9 Å². The van der Waals surface area contributed by atoms with Gasteiger partial charge in [-0.3, -0.25) is 4.79 Å². The molecule has 1 unspecified atom stereocenters. The van der Waals surface area contributed by atoms with Crippen LogP contribution in [0.1, 0.15) is 51.8 Å². The van der Waals surface area contributed by atoms with Crippen molar-refractivity contribution in [1.29, 1.82) is 0 Å². The minimum Gasteiger partial charge on any atom is -0.592 e. The van der Waals surface area contributed by atoms with Crippen molar-refractivity contribution in [1.82, 2.24) is 24.2 Å². The Morgan fingerprint density at radius 2 is 1.95 bits per heavy atom. The Labute approximate surface area is 243 Å². The highest BCUT2D eigenvalue weighted by molar-refractivity contribution is 7.91. The fourth-order valence-corrected chi connectivity index (χ4v) is 6.62. The van der Waals surface area contributed by atoms with E-state index < -0.39 is 21.5 Å². The standard InChI is InChI=1S/C31H36N6O3S/c1-21-20-40-17-16-37(21)26-18-25(31(12-13-31)41(39)35-29(38)30(2,3)4)33-27(34-26)23-10-14-32-28-24(23)11-15-36(28)19-22-8-6-5-7-9-22/h5-11,14-15,18,21H,12-13,16-17,19-20H2,1-4H3,(H,35,38)/t21-,41?/m1/s1. The van der Waals surface area contributed by atoms with Crippen molar-refractivity contribution in [3.8, 4) is 11.4 Å². The molecule has 0 bridgehead atoms. The molecule has 214 valence electrons. The Morgan fingerprint density at radius 3 is 2.66 bits per heavy atom. The highest BCUT2D eigenvalue weighted by Crippen LogP contribution is 2.52. The molecular weight excluding hydrogens is 536 g/mol. The first kappa shape index (κ1) is 27.7. The first-order valence-electron chi connectivity index (χ1n) is 14.1. The summed E-state index contributed by atoms with van der Waals surface area (Å²) in [6.45, 7) is 10.2. The first-order chi connectivity index (χ1) is 19.7. The fourth-order valence-electron chi connectivity index (χ4n) is 5.18. The third-order valence-corrected chi connectivity index (χ3v) is 9.56. The van der Waals surface area contributed by atoms with Gasteiger partial charge in [0.1, 0.15) is 17.2 Å². The maximum absolute atomic E-state index is 13.6. The maximum atomic E-state index is 13.6. The summed E-state index contributed by atoms with van der Waals surface area (Å²) in [5.41, 5.74) is 2.95. The summed E-state index contributed by atoms with van der Waals surface area (Å²) in [7, 11) is 0. The molecule has 1 N–H and O–H groups in total. The third kappa shape index (κ3) is 5.43. The van der Waals surface area contributed by atoms with Crippen molar-refractivity contribution in [3.05, 3.63) is 72.2 Å². The largest absolute Gasteiger partial charge is 0.592 e. The zero-order valence-corrected chi connectivity index (χ0v) is 24.8. The van der Waals surface area contributed by atoms with Crippen LogP contribution in [0.2, 0.25) is 0 Å². The van der Waals surface area contributed by atoms with E-state index in [0.717, 1.165) is 22.4 Å². The monoisotopic (exact) mass is 572 g/mol. The summed E-state index contributed by atoms with van der Waals surface area (Å²) in [5, 5.41) is 0.952. The highest BCUT2D eigenvalue weighted by atomic mass is 32.2. The lowest BCUT2D eigenvalue weighted by Crippen LogP contribution is -2.45. The molecule has 1 aliphatic heterocycles. The second-order valence-electron chi connectivity index (χ2n) is 12.0. The van der Waals surface area contributed by atoms with Gasteiger partial charge in [0, 0.05) is 60.8 Å². The normalized spacial score (nSPS) is 19.2. The zero-order chi connectivity index (χ0) is 28.8. The second-order valence-corrected chi connectivity index (χ2v) is 13.5. The van der Waals surface area contributed by atoms with Crippen molar-refractivity contribution in [2.24, 2.45) is 5.41 Å². The Kier molecular flexibility index (Phi) is 7.25. The SMILES string of the molecule is C[C@@H]1COCCN1c1cc(C2([S+]([O-])NC(=O)C(C)(C)C)CC2)nc(-c2ccnc3c2ccn3Cc2ccccc2)n1. The van der Waals surface area contributed by atoms with Gasteiger partial charge >= 0.3 is 0 Å². The van der Waals surface area contributed by atoms with Crippen molar-refractivity contribution in [2.75, 3.05) is 24.7 Å². The van der Waals surface area contributed by atoms with Crippen LogP contribution in [-0.2, 0) is 32.2 Å². The first-order valence-corrected chi connectivity index (χ1v) is 15.3. The lowest BCUT2D eigenvalue weighted by Gasteiger charge is -2.35. The number of hydrogen-bond acceptors (Lipinski definition) is 7. The zero-order valence-electron chi connectivity index (χ0n) is 24.0.